The van der Waals surface area contributed by atoms with Crippen LogP contribution in [0.2, 0.25) is 0 Å². The molecule has 0 amide bonds. The molecule has 0 aliphatic carbocycles. The van der Waals surface area contributed by atoms with Crippen LogP contribution in [0.3, 0.4) is 0 Å². The smallest absolute Gasteiger partial charge is 0.191 e. The second-order valence-corrected chi connectivity index (χ2v) is 8.78. The maximum absolute atomic E-state index is 4.76. The Morgan fingerprint density at radius 1 is 1.10 bits per heavy atom. The van der Waals surface area contributed by atoms with E-state index in [1.165, 1.54) is 10.4 Å². The average Bonchev–Trinajstić information content (AvgIpc) is 3.35. The Morgan fingerprint density at radius 2 is 1.87 bits per heavy atom. The van der Waals surface area contributed by atoms with E-state index in [-0.39, 0.29) is 29.4 Å². The number of halogens is 1. The third-order valence-electron chi connectivity index (χ3n) is 5.06. The first-order valence-corrected chi connectivity index (χ1v) is 10.8. The Bertz CT molecular complexity index is 919. The van der Waals surface area contributed by atoms with Gasteiger partial charge >= 0.3 is 0 Å². The largest absolute Gasteiger partial charge is 0.356 e. The number of thiophene rings is 1. The van der Waals surface area contributed by atoms with Gasteiger partial charge in [0.2, 0.25) is 0 Å². The third-order valence-corrected chi connectivity index (χ3v) is 5.99. The number of hydrogen-bond acceptors (Lipinski definition) is 4. The number of guanidine groups is 1. The number of aromatic nitrogens is 3. The molecule has 0 aliphatic rings. The van der Waals surface area contributed by atoms with Gasteiger partial charge in [0.05, 0.1) is 0 Å². The van der Waals surface area contributed by atoms with Gasteiger partial charge in [0.15, 0.2) is 11.8 Å². The van der Waals surface area contributed by atoms with Crippen LogP contribution in [0, 0.1) is 6.92 Å². The van der Waals surface area contributed by atoms with Crippen LogP contribution in [-0.4, -0.2) is 33.8 Å². The molecule has 1 aromatic carbocycles. The SMILES string of the molecule is Cc1nnc(CN=C(NCCc2cccs2)NCC(C)(C)c2ccccc2)n1C.I. The van der Waals surface area contributed by atoms with Crippen molar-refractivity contribution in [1.29, 1.82) is 0 Å². The van der Waals surface area contributed by atoms with Crippen molar-refractivity contribution in [2.75, 3.05) is 13.1 Å². The summed E-state index contributed by atoms with van der Waals surface area (Å²) in [4.78, 5) is 6.12. The summed E-state index contributed by atoms with van der Waals surface area (Å²) in [7, 11) is 1.97. The highest BCUT2D eigenvalue weighted by molar-refractivity contribution is 14.0. The molecule has 0 radical (unpaired) electrons. The van der Waals surface area contributed by atoms with Crippen LogP contribution in [0.5, 0.6) is 0 Å². The van der Waals surface area contributed by atoms with Crippen LogP contribution >= 0.6 is 35.3 Å². The summed E-state index contributed by atoms with van der Waals surface area (Å²) in [6, 6.07) is 14.8. The highest BCUT2D eigenvalue weighted by Crippen LogP contribution is 2.21. The van der Waals surface area contributed by atoms with Gasteiger partial charge in [-0.3, -0.25) is 0 Å². The molecular weight excluding hydrogens is 507 g/mol. The molecule has 2 aromatic heterocycles. The lowest BCUT2D eigenvalue weighted by atomic mass is 9.85. The zero-order valence-electron chi connectivity index (χ0n) is 18.1. The molecule has 0 bridgehead atoms. The van der Waals surface area contributed by atoms with Gasteiger partial charge in [0.25, 0.3) is 0 Å². The maximum atomic E-state index is 4.76. The van der Waals surface area contributed by atoms with Crippen molar-refractivity contribution in [3.63, 3.8) is 0 Å². The van der Waals surface area contributed by atoms with E-state index in [4.69, 9.17) is 4.99 Å². The Hall–Kier alpha value is -1.94. The molecule has 0 saturated carbocycles. The normalized spacial score (nSPS) is 11.8. The minimum Gasteiger partial charge on any atom is -0.356 e. The van der Waals surface area contributed by atoms with E-state index < -0.39 is 0 Å². The van der Waals surface area contributed by atoms with Crippen molar-refractivity contribution >= 4 is 41.3 Å². The summed E-state index contributed by atoms with van der Waals surface area (Å²) < 4.78 is 1.97. The minimum atomic E-state index is -0.0151. The van der Waals surface area contributed by atoms with E-state index in [0.29, 0.717) is 6.54 Å². The van der Waals surface area contributed by atoms with Crippen molar-refractivity contribution in [2.24, 2.45) is 12.0 Å². The lowest BCUT2D eigenvalue weighted by Gasteiger charge is -2.27. The molecule has 6 nitrogen and oxygen atoms in total. The Kier molecular flexibility index (Phi) is 9.29. The number of rotatable bonds is 8. The fourth-order valence-corrected chi connectivity index (χ4v) is 3.68. The van der Waals surface area contributed by atoms with Crippen molar-refractivity contribution < 1.29 is 0 Å². The van der Waals surface area contributed by atoms with Gasteiger partial charge in [-0.1, -0.05) is 50.2 Å². The molecule has 0 atom stereocenters. The highest BCUT2D eigenvalue weighted by Gasteiger charge is 2.20. The average molecular weight is 539 g/mol. The Morgan fingerprint density at radius 3 is 2.50 bits per heavy atom. The molecule has 162 valence electrons. The molecule has 3 aromatic rings. The standard InChI is InChI=1S/C22H30N6S.HI/c1-17-26-27-20(28(17)4)15-24-21(23-13-12-19-11-8-14-29-19)25-16-22(2,3)18-9-6-5-7-10-18;/h5-11,14H,12-13,15-16H2,1-4H3,(H2,23,24,25);1H. The number of nitrogens with zero attached hydrogens (tertiary/aromatic N) is 4. The van der Waals surface area contributed by atoms with E-state index in [1.807, 2.05) is 18.5 Å². The van der Waals surface area contributed by atoms with Gasteiger partial charge in [0, 0.05) is 30.4 Å². The monoisotopic (exact) mass is 538 g/mol. The summed E-state index contributed by atoms with van der Waals surface area (Å²) >= 11 is 1.78. The first-order valence-electron chi connectivity index (χ1n) is 9.91. The summed E-state index contributed by atoms with van der Waals surface area (Å²) in [6.45, 7) is 8.52. The zero-order valence-corrected chi connectivity index (χ0v) is 21.2. The summed E-state index contributed by atoms with van der Waals surface area (Å²) in [5.74, 6) is 2.54. The van der Waals surface area contributed by atoms with Gasteiger partial charge in [-0.25, -0.2) is 4.99 Å². The third kappa shape index (κ3) is 6.80. The summed E-state index contributed by atoms with van der Waals surface area (Å²) in [5.41, 5.74) is 1.29. The van der Waals surface area contributed by atoms with Crippen LogP contribution in [0.1, 0.15) is 35.9 Å². The van der Waals surface area contributed by atoms with Gasteiger partial charge in [-0.2, -0.15) is 0 Å². The van der Waals surface area contributed by atoms with E-state index >= 15 is 0 Å². The molecule has 2 heterocycles. The molecule has 3 rings (SSSR count). The maximum Gasteiger partial charge on any atom is 0.191 e. The highest BCUT2D eigenvalue weighted by atomic mass is 127. The minimum absolute atomic E-state index is 0. The molecule has 0 spiro atoms. The van der Waals surface area contributed by atoms with Crippen molar-refractivity contribution in [3.8, 4) is 0 Å². The summed E-state index contributed by atoms with van der Waals surface area (Å²) in [5, 5.41) is 17.4. The van der Waals surface area contributed by atoms with E-state index in [0.717, 1.165) is 37.1 Å². The second kappa shape index (κ2) is 11.5. The van der Waals surface area contributed by atoms with Gasteiger partial charge in [-0.05, 0) is 30.4 Å². The lowest BCUT2D eigenvalue weighted by Crippen LogP contribution is -2.44. The quantitative estimate of drug-likeness (QED) is 0.258. The molecule has 2 N–H and O–H groups in total. The zero-order chi connectivity index (χ0) is 20.7. The van der Waals surface area contributed by atoms with Crippen LogP contribution in [-0.2, 0) is 25.4 Å². The Labute approximate surface area is 200 Å². The second-order valence-electron chi connectivity index (χ2n) is 7.75. The topological polar surface area (TPSA) is 67.1 Å². The van der Waals surface area contributed by atoms with Gasteiger partial charge in [-0.15, -0.1) is 45.5 Å². The summed E-state index contributed by atoms with van der Waals surface area (Å²) in [6.07, 6.45) is 0.976. The fraction of sp³-hybridized carbons (Fsp3) is 0.409. The fourth-order valence-electron chi connectivity index (χ4n) is 2.97. The predicted molar refractivity (Wildman–Crippen MR) is 136 cm³/mol. The Balaban J connectivity index is 0.00000320. The van der Waals surface area contributed by atoms with Crippen molar-refractivity contribution in [3.05, 3.63) is 69.9 Å². The predicted octanol–water partition coefficient (Wildman–Crippen LogP) is 4.06. The molecule has 8 heteroatoms. The number of aryl methyl sites for hydroxylation is 1. The number of aliphatic imine (C=N–C) groups is 1. The van der Waals surface area contributed by atoms with Gasteiger partial charge in [0.1, 0.15) is 12.4 Å². The molecule has 0 fully saturated rings. The first kappa shape index (κ1) is 24.3. The molecule has 0 aliphatic heterocycles. The number of hydrogen-bond donors (Lipinski definition) is 2. The van der Waals surface area contributed by atoms with E-state index in [9.17, 15) is 0 Å². The van der Waals surface area contributed by atoms with Crippen molar-refractivity contribution in [1.82, 2.24) is 25.4 Å². The van der Waals surface area contributed by atoms with Crippen molar-refractivity contribution in [2.45, 2.75) is 39.2 Å². The van der Waals surface area contributed by atoms with Crippen LogP contribution in [0.15, 0.2) is 52.8 Å². The van der Waals surface area contributed by atoms with Crippen LogP contribution in [0.25, 0.3) is 0 Å². The first-order chi connectivity index (χ1) is 14.0. The van der Waals surface area contributed by atoms with Crippen LogP contribution in [0.4, 0.5) is 0 Å². The molecule has 0 saturated heterocycles. The van der Waals surface area contributed by atoms with E-state index in [1.54, 1.807) is 11.3 Å². The molecular formula is C22H31IN6S. The molecule has 30 heavy (non-hydrogen) atoms. The van der Waals surface area contributed by atoms with E-state index in [2.05, 4.69) is 82.5 Å². The number of nitrogens with one attached hydrogen (secondary N) is 2. The van der Waals surface area contributed by atoms with Gasteiger partial charge < -0.3 is 15.2 Å². The van der Waals surface area contributed by atoms with Crippen LogP contribution < -0.4 is 10.6 Å². The molecule has 0 unspecified atom stereocenters. The number of benzene rings is 1. The lowest BCUT2D eigenvalue weighted by molar-refractivity contribution is 0.508.